The van der Waals surface area contributed by atoms with Crippen LogP contribution in [0.25, 0.3) is 0 Å². The summed E-state index contributed by atoms with van der Waals surface area (Å²) < 4.78 is 0. The Morgan fingerprint density at radius 3 is 2.25 bits per heavy atom. The first-order valence-corrected chi connectivity index (χ1v) is 6.53. The highest BCUT2D eigenvalue weighted by Crippen LogP contribution is 2.14. The number of nitrogens with zero attached hydrogens (tertiary/aromatic N) is 2. The minimum Gasteiger partial charge on any atom is -0.282 e. The second-order valence-corrected chi connectivity index (χ2v) is 4.86. The van der Waals surface area contributed by atoms with Gasteiger partial charge < -0.3 is 0 Å². The van der Waals surface area contributed by atoms with E-state index in [9.17, 15) is 0 Å². The lowest BCUT2D eigenvalue weighted by molar-refractivity contribution is 0.289. The number of nitriles is 1. The standard InChI is InChI=1S/C16H15ClN2.ClH/c17-16-8-4-7-15(11-16)13-19(10-9-18)12-14-5-2-1-3-6-14;/h1-8,11H,10,12-13H2;1H. The molecule has 2 aromatic carbocycles. The maximum absolute atomic E-state index is 8.93. The van der Waals surface area contributed by atoms with Crippen molar-refractivity contribution in [3.05, 3.63) is 70.7 Å². The molecule has 0 fully saturated rings. The number of hydrogen-bond donors (Lipinski definition) is 0. The summed E-state index contributed by atoms with van der Waals surface area (Å²) in [5.41, 5.74) is 2.33. The van der Waals surface area contributed by atoms with Crippen LogP contribution in [0.2, 0.25) is 5.02 Å². The second kappa shape index (κ2) is 8.60. The van der Waals surface area contributed by atoms with Crippen molar-refractivity contribution in [2.75, 3.05) is 6.54 Å². The van der Waals surface area contributed by atoms with Gasteiger partial charge in [-0.1, -0.05) is 54.1 Å². The van der Waals surface area contributed by atoms with Gasteiger partial charge in [0.05, 0.1) is 12.6 Å². The zero-order valence-electron chi connectivity index (χ0n) is 11.0. The van der Waals surface area contributed by atoms with E-state index in [-0.39, 0.29) is 12.4 Å². The van der Waals surface area contributed by atoms with E-state index in [0.29, 0.717) is 6.54 Å². The lowest BCUT2D eigenvalue weighted by atomic mass is 10.1. The van der Waals surface area contributed by atoms with Crippen LogP contribution in [-0.2, 0) is 13.1 Å². The van der Waals surface area contributed by atoms with Crippen molar-refractivity contribution in [3.8, 4) is 6.07 Å². The molecule has 20 heavy (non-hydrogen) atoms. The van der Waals surface area contributed by atoms with Crippen LogP contribution in [0.3, 0.4) is 0 Å². The van der Waals surface area contributed by atoms with Crippen molar-refractivity contribution in [3.63, 3.8) is 0 Å². The highest BCUT2D eigenvalue weighted by atomic mass is 35.5. The number of rotatable bonds is 5. The molecule has 0 N–H and O–H groups in total. The Bertz CT molecular complexity index is 564. The summed E-state index contributed by atoms with van der Waals surface area (Å²) in [4.78, 5) is 2.10. The predicted molar refractivity (Wildman–Crippen MR) is 84.9 cm³/mol. The molecule has 0 atom stereocenters. The van der Waals surface area contributed by atoms with Gasteiger partial charge >= 0.3 is 0 Å². The maximum Gasteiger partial charge on any atom is 0.0871 e. The zero-order valence-corrected chi connectivity index (χ0v) is 12.6. The highest BCUT2D eigenvalue weighted by Gasteiger charge is 2.06. The van der Waals surface area contributed by atoms with E-state index < -0.39 is 0 Å². The van der Waals surface area contributed by atoms with E-state index in [1.54, 1.807) is 0 Å². The Morgan fingerprint density at radius 1 is 0.950 bits per heavy atom. The summed E-state index contributed by atoms with van der Waals surface area (Å²) in [7, 11) is 0. The van der Waals surface area contributed by atoms with Gasteiger partial charge in [-0.2, -0.15) is 5.26 Å². The van der Waals surface area contributed by atoms with E-state index in [1.165, 1.54) is 5.56 Å². The molecule has 0 aliphatic heterocycles. The van der Waals surface area contributed by atoms with Crippen LogP contribution in [0.5, 0.6) is 0 Å². The van der Waals surface area contributed by atoms with Crippen molar-refractivity contribution in [2.24, 2.45) is 0 Å². The fourth-order valence-corrected chi connectivity index (χ4v) is 2.22. The summed E-state index contributed by atoms with van der Waals surface area (Å²) in [6.45, 7) is 1.89. The third-order valence-corrected chi connectivity index (χ3v) is 3.07. The Labute approximate surface area is 131 Å². The van der Waals surface area contributed by atoms with Gasteiger partial charge in [0.2, 0.25) is 0 Å². The molecular weight excluding hydrogens is 291 g/mol. The third-order valence-electron chi connectivity index (χ3n) is 2.84. The predicted octanol–water partition coefficient (Wildman–Crippen LogP) is 4.29. The second-order valence-electron chi connectivity index (χ2n) is 4.42. The van der Waals surface area contributed by atoms with Crippen LogP contribution in [0.4, 0.5) is 0 Å². The molecule has 0 radical (unpaired) electrons. The fourth-order valence-electron chi connectivity index (χ4n) is 2.00. The first-order valence-electron chi connectivity index (χ1n) is 6.15. The molecule has 0 bridgehead atoms. The molecule has 0 aliphatic rings. The molecule has 0 unspecified atom stereocenters. The smallest absolute Gasteiger partial charge is 0.0871 e. The SMILES string of the molecule is Cl.N#CCN(Cc1ccccc1)Cc1cccc(Cl)c1. The minimum absolute atomic E-state index is 0. The molecule has 104 valence electrons. The molecule has 0 spiro atoms. The Balaban J connectivity index is 0.00000200. The average molecular weight is 307 g/mol. The third kappa shape index (κ3) is 5.22. The Kier molecular flexibility index (Phi) is 7.11. The summed E-state index contributed by atoms with van der Waals surface area (Å²) in [6, 6.07) is 20.1. The van der Waals surface area contributed by atoms with Gasteiger partial charge in [0.1, 0.15) is 0 Å². The normalized spacial score (nSPS) is 9.85. The molecule has 2 rings (SSSR count). The summed E-state index contributed by atoms with van der Waals surface area (Å²) in [5, 5.41) is 9.66. The van der Waals surface area contributed by atoms with Crippen LogP contribution in [0.15, 0.2) is 54.6 Å². The average Bonchev–Trinajstić information content (AvgIpc) is 2.40. The van der Waals surface area contributed by atoms with Gasteiger partial charge in [0.25, 0.3) is 0 Å². The van der Waals surface area contributed by atoms with Crippen LogP contribution in [0, 0.1) is 11.3 Å². The number of benzene rings is 2. The molecule has 0 heterocycles. The molecule has 0 amide bonds. The molecule has 0 saturated carbocycles. The minimum atomic E-state index is 0. The van der Waals surface area contributed by atoms with Gasteiger partial charge in [0, 0.05) is 18.1 Å². The molecule has 0 saturated heterocycles. The summed E-state index contributed by atoms with van der Waals surface area (Å²) in [6.07, 6.45) is 0. The van der Waals surface area contributed by atoms with E-state index >= 15 is 0 Å². The van der Waals surface area contributed by atoms with Gasteiger partial charge in [-0.15, -0.1) is 12.4 Å². The van der Waals surface area contributed by atoms with E-state index in [2.05, 4.69) is 23.1 Å². The van der Waals surface area contributed by atoms with Crippen molar-refractivity contribution in [1.82, 2.24) is 4.90 Å². The molecule has 0 aromatic heterocycles. The first kappa shape index (κ1) is 16.5. The van der Waals surface area contributed by atoms with E-state index in [4.69, 9.17) is 16.9 Å². The van der Waals surface area contributed by atoms with Crippen molar-refractivity contribution in [2.45, 2.75) is 13.1 Å². The molecule has 2 nitrogen and oxygen atoms in total. The van der Waals surface area contributed by atoms with Gasteiger partial charge in [-0.05, 0) is 23.3 Å². The summed E-state index contributed by atoms with van der Waals surface area (Å²) >= 11 is 5.98. The van der Waals surface area contributed by atoms with Crippen LogP contribution >= 0.6 is 24.0 Å². The van der Waals surface area contributed by atoms with Crippen LogP contribution < -0.4 is 0 Å². The Hall–Kier alpha value is -1.53. The van der Waals surface area contributed by atoms with Gasteiger partial charge in [0.15, 0.2) is 0 Å². The van der Waals surface area contributed by atoms with Gasteiger partial charge in [-0.25, -0.2) is 0 Å². The largest absolute Gasteiger partial charge is 0.282 e. The first-order chi connectivity index (χ1) is 9.28. The van der Waals surface area contributed by atoms with Gasteiger partial charge in [-0.3, -0.25) is 4.90 Å². The fraction of sp³-hybridized carbons (Fsp3) is 0.188. The molecule has 2 aromatic rings. The van der Waals surface area contributed by atoms with Crippen LogP contribution in [-0.4, -0.2) is 11.4 Å². The lowest BCUT2D eigenvalue weighted by Gasteiger charge is -2.19. The Morgan fingerprint density at radius 2 is 1.60 bits per heavy atom. The van der Waals surface area contributed by atoms with Crippen molar-refractivity contribution < 1.29 is 0 Å². The number of hydrogen-bond acceptors (Lipinski definition) is 2. The highest BCUT2D eigenvalue weighted by molar-refractivity contribution is 6.30. The monoisotopic (exact) mass is 306 g/mol. The van der Waals surface area contributed by atoms with Crippen LogP contribution in [0.1, 0.15) is 11.1 Å². The van der Waals surface area contributed by atoms with E-state index in [1.807, 2.05) is 42.5 Å². The number of halogens is 2. The maximum atomic E-state index is 8.93. The molecular formula is C16H16Cl2N2. The topological polar surface area (TPSA) is 27.0 Å². The molecule has 0 aliphatic carbocycles. The zero-order chi connectivity index (χ0) is 13.5. The van der Waals surface area contributed by atoms with Crippen molar-refractivity contribution in [1.29, 1.82) is 5.26 Å². The molecule has 4 heteroatoms. The summed E-state index contributed by atoms with van der Waals surface area (Å²) in [5.74, 6) is 0. The van der Waals surface area contributed by atoms with Crippen molar-refractivity contribution >= 4 is 24.0 Å². The lowest BCUT2D eigenvalue weighted by Crippen LogP contribution is -2.23. The van der Waals surface area contributed by atoms with E-state index in [0.717, 1.165) is 23.7 Å². The quantitative estimate of drug-likeness (QED) is 0.771.